The van der Waals surface area contributed by atoms with E-state index in [1.165, 1.54) is 12.1 Å². The Hall–Kier alpha value is -1.82. The van der Waals surface area contributed by atoms with Gasteiger partial charge in [0.05, 0.1) is 12.7 Å². The van der Waals surface area contributed by atoms with Crippen molar-refractivity contribution < 1.29 is 19.0 Å². The first kappa shape index (κ1) is 16.2. The van der Waals surface area contributed by atoms with Crippen LogP contribution in [0.3, 0.4) is 0 Å². The van der Waals surface area contributed by atoms with Gasteiger partial charge < -0.3 is 20.5 Å². The number of amides is 2. The molecule has 0 fully saturated rings. The highest BCUT2D eigenvalue weighted by molar-refractivity contribution is 5.73. The first-order chi connectivity index (χ1) is 9.58. The van der Waals surface area contributed by atoms with Crippen LogP contribution in [0.4, 0.5) is 9.18 Å². The van der Waals surface area contributed by atoms with E-state index in [4.69, 9.17) is 9.84 Å². The minimum atomic E-state index is -0.417. The summed E-state index contributed by atoms with van der Waals surface area (Å²) in [5.74, 6) is 0.306. The van der Waals surface area contributed by atoms with Gasteiger partial charge in [-0.3, -0.25) is 0 Å². The SMILES string of the molecule is CC(O)CCNC(=O)NCCCOc1ccc(F)cc1. The summed E-state index contributed by atoms with van der Waals surface area (Å²) < 4.78 is 18.0. The van der Waals surface area contributed by atoms with Crippen molar-refractivity contribution in [1.29, 1.82) is 0 Å². The van der Waals surface area contributed by atoms with Crippen molar-refractivity contribution in [1.82, 2.24) is 10.6 Å². The molecule has 0 saturated carbocycles. The number of rotatable bonds is 8. The first-order valence-corrected chi connectivity index (χ1v) is 6.66. The number of aliphatic hydroxyl groups is 1. The number of ether oxygens (including phenoxy) is 1. The van der Waals surface area contributed by atoms with Crippen LogP contribution < -0.4 is 15.4 Å². The molecule has 1 aromatic rings. The zero-order chi connectivity index (χ0) is 14.8. The Morgan fingerprint density at radius 3 is 2.60 bits per heavy atom. The van der Waals surface area contributed by atoms with Crippen LogP contribution >= 0.6 is 0 Å². The van der Waals surface area contributed by atoms with E-state index >= 15 is 0 Å². The van der Waals surface area contributed by atoms with E-state index in [1.54, 1.807) is 19.1 Å². The maximum Gasteiger partial charge on any atom is 0.314 e. The summed E-state index contributed by atoms with van der Waals surface area (Å²) in [5, 5.41) is 14.3. The average molecular weight is 284 g/mol. The lowest BCUT2D eigenvalue weighted by Crippen LogP contribution is -2.37. The van der Waals surface area contributed by atoms with Crippen molar-refractivity contribution in [2.24, 2.45) is 0 Å². The lowest BCUT2D eigenvalue weighted by molar-refractivity contribution is 0.183. The first-order valence-electron chi connectivity index (χ1n) is 6.66. The topological polar surface area (TPSA) is 70.6 Å². The lowest BCUT2D eigenvalue weighted by atomic mass is 10.3. The highest BCUT2D eigenvalue weighted by Gasteiger charge is 2.01. The van der Waals surface area contributed by atoms with Crippen LogP contribution in [-0.2, 0) is 0 Å². The zero-order valence-electron chi connectivity index (χ0n) is 11.6. The van der Waals surface area contributed by atoms with Gasteiger partial charge in [-0.05, 0) is 44.0 Å². The van der Waals surface area contributed by atoms with Crippen molar-refractivity contribution in [2.45, 2.75) is 25.9 Å². The van der Waals surface area contributed by atoms with Gasteiger partial charge in [-0.25, -0.2) is 9.18 Å². The maximum absolute atomic E-state index is 12.6. The van der Waals surface area contributed by atoms with Gasteiger partial charge >= 0.3 is 6.03 Å². The summed E-state index contributed by atoms with van der Waals surface area (Å²) in [4.78, 5) is 11.3. The minimum Gasteiger partial charge on any atom is -0.494 e. The van der Waals surface area contributed by atoms with Gasteiger partial charge in [0, 0.05) is 13.1 Å². The van der Waals surface area contributed by atoms with Crippen LogP contribution in [0.5, 0.6) is 5.75 Å². The second-order valence-electron chi connectivity index (χ2n) is 4.48. The van der Waals surface area contributed by atoms with Gasteiger partial charge in [-0.2, -0.15) is 0 Å². The van der Waals surface area contributed by atoms with Gasteiger partial charge in [0.15, 0.2) is 0 Å². The molecule has 0 aliphatic rings. The Kier molecular flexibility index (Phi) is 7.42. The fourth-order valence-electron chi connectivity index (χ4n) is 1.45. The van der Waals surface area contributed by atoms with E-state index in [-0.39, 0.29) is 11.8 Å². The number of urea groups is 1. The van der Waals surface area contributed by atoms with E-state index in [2.05, 4.69) is 10.6 Å². The third kappa shape index (κ3) is 7.58. The molecule has 0 spiro atoms. The molecule has 0 saturated heterocycles. The van der Waals surface area contributed by atoms with Crippen LogP contribution in [0.15, 0.2) is 24.3 Å². The van der Waals surface area contributed by atoms with Crippen LogP contribution in [0, 0.1) is 5.82 Å². The Morgan fingerprint density at radius 1 is 1.30 bits per heavy atom. The molecular weight excluding hydrogens is 263 g/mol. The molecular formula is C14H21FN2O3. The second kappa shape index (κ2) is 9.14. The van der Waals surface area contributed by atoms with Crippen molar-refractivity contribution in [2.75, 3.05) is 19.7 Å². The van der Waals surface area contributed by atoms with Crippen LogP contribution in [-0.4, -0.2) is 36.9 Å². The number of carbonyl (C=O) groups is 1. The molecule has 3 N–H and O–H groups in total. The second-order valence-corrected chi connectivity index (χ2v) is 4.48. The van der Waals surface area contributed by atoms with E-state index < -0.39 is 6.10 Å². The van der Waals surface area contributed by atoms with Gasteiger partial charge in [0.2, 0.25) is 0 Å². The van der Waals surface area contributed by atoms with E-state index in [0.29, 0.717) is 38.3 Å². The zero-order valence-corrected chi connectivity index (χ0v) is 11.6. The number of benzene rings is 1. The molecule has 1 unspecified atom stereocenters. The lowest BCUT2D eigenvalue weighted by Gasteiger charge is -2.09. The molecule has 6 heteroatoms. The molecule has 5 nitrogen and oxygen atoms in total. The number of hydrogen-bond acceptors (Lipinski definition) is 3. The molecule has 1 aromatic carbocycles. The van der Waals surface area contributed by atoms with Crippen LogP contribution in [0.2, 0.25) is 0 Å². The summed E-state index contributed by atoms with van der Waals surface area (Å²) in [6, 6.07) is 5.54. The van der Waals surface area contributed by atoms with Gasteiger partial charge in [0.25, 0.3) is 0 Å². The fourth-order valence-corrected chi connectivity index (χ4v) is 1.45. The Morgan fingerprint density at radius 2 is 1.95 bits per heavy atom. The molecule has 0 heterocycles. The van der Waals surface area contributed by atoms with Gasteiger partial charge in [-0.15, -0.1) is 0 Å². The van der Waals surface area contributed by atoms with Crippen LogP contribution in [0.25, 0.3) is 0 Å². The van der Waals surface area contributed by atoms with E-state index in [1.807, 2.05) is 0 Å². The monoisotopic (exact) mass is 284 g/mol. The Labute approximate surface area is 118 Å². The van der Waals surface area contributed by atoms with Gasteiger partial charge in [0.1, 0.15) is 11.6 Å². The molecule has 112 valence electrons. The summed E-state index contributed by atoms with van der Waals surface area (Å²) in [7, 11) is 0. The largest absolute Gasteiger partial charge is 0.494 e. The van der Waals surface area contributed by atoms with Crippen molar-refractivity contribution in [3.8, 4) is 5.75 Å². The molecule has 20 heavy (non-hydrogen) atoms. The average Bonchev–Trinajstić information content (AvgIpc) is 2.40. The van der Waals surface area contributed by atoms with E-state index in [0.717, 1.165) is 0 Å². The predicted molar refractivity (Wildman–Crippen MR) is 74.2 cm³/mol. The molecule has 0 radical (unpaired) electrons. The normalized spacial score (nSPS) is 11.8. The molecule has 0 bridgehead atoms. The molecule has 2 amide bonds. The summed E-state index contributed by atoms with van der Waals surface area (Å²) >= 11 is 0. The van der Waals surface area contributed by atoms with Crippen molar-refractivity contribution in [3.05, 3.63) is 30.1 Å². The Balaban J connectivity index is 2.01. The molecule has 1 rings (SSSR count). The smallest absolute Gasteiger partial charge is 0.314 e. The molecule has 0 aromatic heterocycles. The van der Waals surface area contributed by atoms with Crippen molar-refractivity contribution in [3.63, 3.8) is 0 Å². The number of halogens is 1. The quantitative estimate of drug-likeness (QED) is 0.636. The van der Waals surface area contributed by atoms with Crippen LogP contribution in [0.1, 0.15) is 19.8 Å². The molecule has 1 atom stereocenters. The number of nitrogens with one attached hydrogen (secondary N) is 2. The fraction of sp³-hybridized carbons (Fsp3) is 0.500. The minimum absolute atomic E-state index is 0.257. The third-order valence-electron chi connectivity index (χ3n) is 2.54. The maximum atomic E-state index is 12.6. The summed E-state index contributed by atoms with van der Waals surface area (Å²) in [6.45, 7) is 3.04. The highest BCUT2D eigenvalue weighted by Crippen LogP contribution is 2.10. The van der Waals surface area contributed by atoms with Gasteiger partial charge in [-0.1, -0.05) is 0 Å². The number of aliphatic hydroxyl groups excluding tert-OH is 1. The van der Waals surface area contributed by atoms with E-state index in [9.17, 15) is 9.18 Å². The number of hydrogen-bond donors (Lipinski definition) is 3. The molecule has 0 aliphatic heterocycles. The third-order valence-corrected chi connectivity index (χ3v) is 2.54. The Bertz CT molecular complexity index is 396. The standard InChI is InChI=1S/C14H21FN2O3/c1-11(18)7-9-17-14(19)16-8-2-10-20-13-5-3-12(15)4-6-13/h3-6,11,18H,2,7-10H2,1H3,(H2,16,17,19). The molecule has 0 aliphatic carbocycles. The number of carbonyl (C=O) groups excluding carboxylic acids is 1. The predicted octanol–water partition coefficient (Wildman–Crippen LogP) is 1.66. The van der Waals surface area contributed by atoms with Crippen molar-refractivity contribution >= 4 is 6.03 Å². The highest BCUT2D eigenvalue weighted by atomic mass is 19.1. The summed E-state index contributed by atoms with van der Waals surface area (Å²) in [6.07, 6.45) is 0.766. The summed E-state index contributed by atoms with van der Waals surface area (Å²) in [5.41, 5.74) is 0.